The molecule has 8 nitrogen and oxygen atoms in total. The number of aromatic nitrogens is 1. The standard InChI is InChI=1S/C27H30F4N4O4/c1-39-17-2-3-21-18(14-17)24(20(30)15-33-21)23(36)4-5-27(26(37)34-38)6-9-35(10-7-27)11-8-32-22-13-16(28)12-19(29)25(22)31/h2-3,12-15,23,32,36,38H,4-11H2,1H3,(H,34,37). The second kappa shape index (κ2) is 12.1. The molecule has 4 rings (SSSR count). The Hall–Kier alpha value is -3.48. The van der Waals surface area contributed by atoms with Crippen LogP contribution in [0.2, 0.25) is 0 Å². The SMILES string of the molecule is COc1ccc2ncc(F)c(C(O)CCC3(C(=O)NO)CCN(CCNc4cc(F)cc(F)c4F)CC3)c2c1. The molecule has 1 saturated heterocycles. The molecule has 1 atom stereocenters. The van der Waals surface area contributed by atoms with Crippen molar-refractivity contribution in [2.24, 2.45) is 5.41 Å². The fourth-order valence-corrected chi connectivity index (χ4v) is 5.14. The first-order chi connectivity index (χ1) is 18.7. The number of amides is 1. The van der Waals surface area contributed by atoms with Gasteiger partial charge < -0.3 is 20.1 Å². The zero-order valence-electron chi connectivity index (χ0n) is 21.3. The zero-order valence-corrected chi connectivity index (χ0v) is 21.3. The van der Waals surface area contributed by atoms with Crippen molar-refractivity contribution in [3.63, 3.8) is 0 Å². The largest absolute Gasteiger partial charge is 0.497 e. The number of hydroxylamine groups is 1. The van der Waals surface area contributed by atoms with Gasteiger partial charge >= 0.3 is 0 Å². The smallest absolute Gasteiger partial charge is 0.249 e. The van der Waals surface area contributed by atoms with E-state index in [1.165, 1.54) is 7.11 Å². The number of methoxy groups -OCH3 is 1. The lowest BCUT2D eigenvalue weighted by molar-refractivity contribution is -0.143. The summed E-state index contributed by atoms with van der Waals surface area (Å²) < 4.78 is 60.7. The molecule has 0 aliphatic carbocycles. The van der Waals surface area contributed by atoms with Crippen LogP contribution in [0.15, 0.2) is 36.5 Å². The number of nitrogens with one attached hydrogen (secondary N) is 2. The topological polar surface area (TPSA) is 107 Å². The summed E-state index contributed by atoms with van der Waals surface area (Å²) in [5, 5.41) is 23.5. The molecule has 0 spiro atoms. The molecular weight excluding hydrogens is 520 g/mol. The molecular formula is C27H30F4N4O4. The fourth-order valence-electron chi connectivity index (χ4n) is 5.14. The molecule has 1 unspecified atom stereocenters. The first kappa shape index (κ1) is 28.5. The molecule has 2 aromatic carbocycles. The maximum absolute atomic E-state index is 14.8. The van der Waals surface area contributed by atoms with Crippen molar-refractivity contribution in [3.8, 4) is 5.75 Å². The Morgan fingerprint density at radius 2 is 1.90 bits per heavy atom. The normalized spacial score (nSPS) is 16.2. The minimum atomic E-state index is -1.28. The highest BCUT2D eigenvalue weighted by atomic mass is 19.2. The van der Waals surface area contributed by atoms with E-state index in [9.17, 15) is 32.7 Å². The summed E-state index contributed by atoms with van der Waals surface area (Å²) in [5.41, 5.74) is 0.986. The van der Waals surface area contributed by atoms with E-state index in [1.54, 1.807) is 23.7 Å². The van der Waals surface area contributed by atoms with Crippen LogP contribution in [0.25, 0.3) is 10.9 Å². The number of likely N-dealkylation sites (tertiary alicyclic amines) is 1. The summed E-state index contributed by atoms with van der Waals surface area (Å²) in [6, 6.07) is 6.28. The summed E-state index contributed by atoms with van der Waals surface area (Å²) in [6.07, 6.45) is 0.695. The van der Waals surface area contributed by atoms with Crippen LogP contribution in [0, 0.1) is 28.7 Å². The first-order valence-electron chi connectivity index (χ1n) is 12.5. The van der Waals surface area contributed by atoms with Gasteiger partial charge in [0.1, 0.15) is 17.4 Å². The van der Waals surface area contributed by atoms with Crippen molar-refractivity contribution >= 4 is 22.5 Å². The quantitative estimate of drug-likeness (QED) is 0.129. The number of fused-ring (bicyclic) bond motifs is 1. The van der Waals surface area contributed by atoms with E-state index in [2.05, 4.69) is 10.3 Å². The number of rotatable bonds is 10. The number of anilines is 1. The van der Waals surface area contributed by atoms with Crippen LogP contribution in [0.4, 0.5) is 23.2 Å². The molecule has 39 heavy (non-hydrogen) atoms. The van der Waals surface area contributed by atoms with Gasteiger partial charge in [-0.25, -0.2) is 23.0 Å². The van der Waals surface area contributed by atoms with E-state index in [-0.39, 0.29) is 30.6 Å². The average molecular weight is 551 g/mol. The van der Waals surface area contributed by atoms with E-state index in [0.29, 0.717) is 55.2 Å². The molecule has 0 saturated carbocycles. The van der Waals surface area contributed by atoms with Gasteiger partial charge in [-0.2, -0.15) is 0 Å². The molecule has 1 amide bonds. The van der Waals surface area contributed by atoms with E-state index in [1.807, 2.05) is 4.90 Å². The number of ether oxygens (including phenoxy) is 1. The number of carbonyl (C=O) groups excluding carboxylic acids is 1. The Kier molecular flexibility index (Phi) is 8.88. The van der Waals surface area contributed by atoms with Crippen LogP contribution in [-0.2, 0) is 4.79 Å². The fraction of sp³-hybridized carbons (Fsp3) is 0.407. The highest BCUT2D eigenvalue weighted by Crippen LogP contribution is 2.40. The molecule has 1 aliphatic rings. The Bertz CT molecular complexity index is 1330. The molecule has 1 aromatic heterocycles. The number of nitrogens with zero attached hydrogens (tertiary/aromatic N) is 2. The predicted octanol–water partition coefficient (Wildman–Crippen LogP) is 4.31. The van der Waals surface area contributed by atoms with Crippen LogP contribution >= 0.6 is 0 Å². The zero-order chi connectivity index (χ0) is 28.2. The molecule has 3 aromatic rings. The van der Waals surface area contributed by atoms with Crippen LogP contribution in [0.3, 0.4) is 0 Å². The Labute approximate surface area is 222 Å². The molecule has 2 heterocycles. The third-order valence-electron chi connectivity index (χ3n) is 7.43. The molecule has 1 fully saturated rings. The van der Waals surface area contributed by atoms with Crippen molar-refractivity contribution in [2.75, 3.05) is 38.6 Å². The third-order valence-corrected chi connectivity index (χ3v) is 7.43. The second-order valence-corrected chi connectivity index (χ2v) is 9.70. The monoisotopic (exact) mass is 550 g/mol. The van der Waals surface area contributed by atoms with Crippen LogP contribution in [-0.4, -0.2) is 59.4 Å². The number of carbonyl (C=O) groups is 1. The van der Waals surface area contributed by atoms with Gasteiger partial charge in [0.2, 0.25) is 5.91 Å². The van der Waals surface area contributed by atoms with Gasteiger partial charge in [-0.15, -0.1) is 0 Å². The minimum absolute atomic E-state index is 0.0482. The number of hydrogen-bond acceptors (Lipinski definition) is 7. The van der Waals surface area contributed by atoms with Gasteiger partial charge in [-0.3, -0.25) is 15.0 Å². The van der Waals surface area contributed by atoms with Gasteiger partial charge in [0, 0.05) is 36.2 Å². The molecule has 4 N–H and O–H groups in total. The van der Waals surface area contributed by atoms with E-state index < -0.39 is 40.7 Å². The summed E-state index contributed by atoms with van der Waals surface area (Å²) >= 11 is 0. The highest BCUT2D eigenvalue weighted by Gasteiger charge is 2.41. The molecule has 210 valence electrons. The molecule has 1 aliphatic heterocycles. The van der Waals surface area contributed by atoms with Gasteiger partial charge in [0.05, 0.1) is 36.0 Å². The van der Waals surface area contributed by atoms with Crippen molar-refractivity contribution < 1.29 is 37.4 Å². The van der Waals surface area contributed by atoms with Crippen LogP contribution in [0.5, 0.6) is 5.75 Å². The number of aliphatic hydroxyl groups is 1. The van der Waals surface area contributed by atoms with Crippen molar-refractivity contribution in [1.29, 1.82) is 0 Å². The predicted molar refractivity (Wildman–Crippen MR) is 135 cm³/mol. The van der Waals surface area contributed by atoms with Crippen molar-refractivity contribution in [2.45, 2.75) is 31.8 Å². The maximum Gasteiger partial charge on any atom is 0.249 e. The molecule has 12 heteroatoms. The Balaban J connectivity index is 1.40. The average Bonchev–Trinajstić information content (AvgIpc) is 2.94. The lowest BCUT2D eigenvalue weighted by atomic mass is 9.73. The number of piperidine rings is 1. The van der Waals surface area contributed by atoms with Crippen molar-refractivity contribution in [1.82, 2.24) is 15.4 Å². The number of halogens is 4. The van der Waals surface area contributed by atoms with Crippen LogP contribution in [0.1, 0.15) is 37.4 Å². The maximum atomic E-state index is 14.8. The van der Waals surface area contributed by atoms with E-state index >= 15 is 0 Å². The lowest BCUT2D eigenvalue weighted by Crippen LogP contribution is -2.49. The van der Waals surface area contributed by atoms with Gasteiger partial charge in [0.25, 0.3) is 0 Å². The Morgan fingerprint density at radius 3 is 2.59 bits per heavy atom. The molecule has 0 bridgehead atoms. The van der Waals surface area contributed by atoms with Gasteiger partial charge in [-0.05, 0) is 57.0 Å². The minimum Gasteiger partial charge on any atom is -0.497 e. The van der Waals surface area contributed by atoms with Crippen LogP contribution < -0.4 is 15.5 Å². The highest BCUT2D eigenvalue weighted by molar-refractivity contribution is 5.84. The number of benzene rings is 2. The third kappa shape index (κ3) is 6.23. The number of aliphatic hydroxyl groups excluding tert-OH is 1. The van der Waals surface area contributed by atoms with E-state index in [0.717, 1.165) is 12.3 Å². The Morgan fingerprint density at radius 1 is 1.15 bits per heavy atom. The summed E-state index contributed by atoms with van der Waals surface area (Å²) in [6.45, 7) is 1.49. The summed E-state index contributed by atoms with van der Waals surface area (Å²) in [5.74, 6) is -4.13. The number of hydrogen-bond donors (Lipinski definition) is 4. The second-order valence-electron chi connectivity index (χ2n) is 9.70. The summed E-state index contributed by atoms with van der Waals surface area (Å²) in [7, 11) is 1.48. The number of pyridine rings is 1. The van der Waals surface area contributed by atoms with Gasteiger partial charge in [0.15, 0.2) is 11.6 Å². The van der Waals surface area contributed by atoms with Gasteiger partial charge in [-0.1, -0.05) is 0 Å². The first-order valence-corrected chi connectivity index (χ1v) is 12.5. The molecule has 0 radical (unpaired) electrons. The van der Waals surface area contributed by atoms with E-state index in [4.69, 9.17) is 4.74 Å². The summed E-state index contributed by atoms with van der Waals surface area (Å²) in [4.78, 5) is 18.8. The van der Waals surface area contributed by atoms with Crippen molar-refractivity contribution in [3.05, 3.63) is 65.4 Å². The lowest BCUT2D eigenvalue weighted by Gasteiger charge is -2.40.